The van der Waals surface area contributed by atoms with Crippen LogP contribution in [-0.4, -0.2) is 51.9 Å². The molecule has 0 N–H and O–H groups in total. The molecule has 3 aromatic rings. The lowest BCUT2D eigenvalue weighted by atomic mass is 10.0. The van der Waals surface area contributed by atoms with Crippen molar-refractivity contribution in [3.63, 3.8) is 0 Å². The van der Waals surface area contributed by atoms with Crippen LogP contribution in [0.2, 0.25) is 0 Å². The standard InChI is InChI=1S/C26H29N5O3/c1-18(2)23-19(3)27-24(20-9-5-4-6-10-20)28-25(23)29-13-8-14-30(16-15-29)26(32)21-11-7-12-22(17-21)31(33)34/h4-7,9-12,17-18H,8,13-16H2,1-3H3. The molecule has 4 rings (SSSR count). The third-order valence-electron chi connectivity index (χ3n) is 6.11. The molecule has 1 aromatic heterocycles. The largest absolute Gasteiger partial charge is 0.354 e. The Morgan fingerprint density at radius 2 is 1.76 bits per heavy atom. The molecule has 0 spiro atoms. The highest BCUT2D eigenvalue weighted by molar-refractivity contribution is 5.94. The van der Waals surface area contributed by atoms with Crippen LogP contribution in [0.3, 0.4) is 0 Å². The second-order valence-corrected chi connectivity index (χ2v) is 8.83. The Kier molecular flexibility index (Phi) is 6.86. The van der Waals surface area contributed by atoms with E-state index in [0.717, 1.165) is 35.6 Å². The topological polar surface area (TPSA) is 92.5 Å². The fourth-order valence-electron chi connectivity index (χ4n) is 4.47. The van der Waals surface area contributed by atoms with Crippen LogP contribution >= 0.6 is 0 Å². The number of amides is 1. The van der Waals surface area contributed by atoms with Gasteiger partial charge in [0.25, 0.3) is 11.6 Å². The summed E-state index contributed by atoms with van der Waals surface area (Å²) in [5.41, 5.74) is 3.33. The first-order valence-corrected chi connectivity index (χ1v) is 11.6. The monoisotopic (exact) mass is 459 g/mol. The Morgan fingerprint density at radius 1 is 1.00 bits per heavy atom. The first-order chi connectivity index (χ1) is 16.3. The third-order valence-corrected chi connectivity index (χ3v) is 6.11. The molecule has 0 unspecified atom stereocenters. The number of rotatable bonds is 5. The molecule has 0 atom stereocenters. The van der Waals surface area contributed by atoms with Gasteiger partial charge in [0.1, 0.15) is 5.82 Å². The van der Waals surface area contributed by atoms with Gasteiger partial charge in [-0.25, -0.2) is 9.97 Å². The zero-order valence-electron chi connectivity index (χ0n) is 19.8. The molecule has 34 heavy (non-hydrogen) atoms. The number of carbonyl (C=O) groups excluding carboxylic acids is 1. The van der Waals surface area contributed by atoms with Gasteiger partial charge >= 0.3 is 0 Å². The molecular formula is C26H29N5O3. The van der Waals surface area contributed by atoms with E-state index in [0.29, 0.717) is 31.0 Å². The van der Waals surface area contributed by atoms with E-state index in [2.05, 4.69) is 18.7 Å². The highest BCUT2D eigenvalue weighted by atomic mass is 16.6. The molecule has 0 saturated carbocycles. The van der Waals surface area contributed by atoms with E-state index < -0.39 is 4.92 Å². The molecule has 1 aliphatic rings. The number of hydrogen-bond acceptors (Lipinski definition) is 6. The summed E-state index contributed by atoms with van der Waals surface area (Å²) in [4.78, 5) is 37.5. The summed E-state index contributed by atoms with van der Waals surface area (Å²) in [6.45, 7) is 8.82. The quantitative estimate of drug-likeness (QED) is 0.401. The van der Waals surface area contributed by atoms with Crippen LogP contribution in [0.25, 0.3) is 11.4 Å². The number of anilines is 1. The summed E-state index contributed by atoms with van der Waals surface area (Å²) < 4.78 is 0. The minimum absolute atomic E-state index is 0.0752. The highest BCUT2D eigenvalue weighted by Crippen LogP contribution is 2.31. The number of benzene rings is 2. The van der Waals surface area contributed by atoms with Crippen LogP contribution in [0.4, 0.5) is 11.5 Å². The van der Waals surface area contributed by atoms with Crippen molar-refractivity contribution in [2.75, 3.05) is 31.1 Å². The van der Waals surface area contributed by atoms with Crippen LogP contribution in [0, 0.1) is 17.0 Å². The lowest BCUT2D eigenvalue weighted by Gasteiger charge is -2.27. The molecule has 8 nitrogen and oxygen atoms in total. The van der Waals surface area contributed by atoms with Gasteiger partial charge in [-0.3, -0.25) is 14.9 Å². The maximum atomic E-state index is 13.1. The number of non-ortho nitro benzene ring substituents is 1. The van der Waals surface area contributed by atoms with Gasteiger partial charge in [0.15, 0.2) is 5.82 Å². The summed E-state index contributed by atoms with van der Waals surface area (Å²) in [6.07, 6.45) is 0.780. The second kappa shape index (κ2) is 9.99. The van der Waals surface area contributed by atoms with Crippen molar-refractivity contribution in [3.05, 3.63) is 81.5 Å². The fourth-order valence-corrected chi connectivity index (χ4v) is 4.47. The molecular weight excluding hydrogens is 430 g/mol. The van der Waals surface area contributed by atoms with E-state index in [1.165, 1.54) is 12.1 Å². The first kappa shape index (κ1) is 23.4. The number of nitro benzene ring substituents is 1. The number of hydrogen-bond donors (Lipinski definition) is 0. The summed E-state index contributed by atoms with van der Waals surface area (Å²) >= 11 is 0. The summed E-state index contributed by atoms with van der Waals surface area (Å²) in [5, 5.41) is 11.1. The molecule has 0 radical (unpaired) electrons. The van der Waals surface area contributed by atoms with Gasteiger partial charge in [0, 0.05) is 60.7 Å². The van der Waals surface area contributed by atoms with Crippen molar-refractivity contribution in [1.82, 2.24) is 14.9 Å². The zero-order chi connectivity index (χ0) is 24.2. The smallest absolute Gasteiger partial charge is 0.270 e. The van der Waals surface area contributed by atoms with E-state index in [4.69, 9.17) is 9.97 Å². The van der Waals surface area contributed by atoms with Crippen LogP contribution in [-0.2, 0) is 0 Å². The maximum Gasteiger partial charge on any atom is 0.270 e. The SMILES string of the molecule is Cc1nc(-c2ccccc2)nc(N2CCCN(C(=O)c3cccc([N+](=O)[O-])c3)CC2)c1C(C)C. The summed E-state index contributed by atoms with van der Waals surface area (Å²) in [6, 6.07) is 15.9. The van der Waals surface area contributed by atoms with E-state index in [1.807, 2.05) is 37.3 Å². The number of aryl methyl sites for hydroxylation is 1. The molecule has 0 bridgehead atoms. The minimum Gasteiger partial charge on any atom is -0.354 e. The predicted octanol–water partition coefficient (Wildman–Crippen LogP) is 4.84. The van der Waals surface area contributed by atoms with E-state index in [1.54, 1.807) is 17.0 Å². The fraction of sp³-hybridized carbons (Fsp3) is 0.346. The Labute approximate surface area is 199 Å². The van der Waals surface area contributed by atoms with Gasteiger partial charge in [-0.1, -0.05) is 50.2 Å². The summed E-state index contributed by atoms with van der Waals surface area (Å²) in [5.74, 6) is 1.70. The predicted molar refractivity (Wildman–Crippen MR) is 132 cm³/mol. The normalized spacial score (nSPS) is 14.2. The van der Waals surface area contributed by atoms with Gasteiger partial charge in [0.05, 0.1) is 4.92 Å². The average Bonchev–Trinajstić information content (AvgIpc) is 3.10. The Morgan fingerprint density at radius 3 is 2.47 bits per heavy atom. The van der Waals surface area contributed by atoms with Gasteiger partial charge in [-0.05, 0) is 25.3 Å². The van der Waals surface area contributed by atoms with Crippen LogP contribution in [0.5, 0.6) is 0 Å². The van der Waals surface area contributed by atoms with Gasteiger partial charge in [-0.2, -0.15) is 0 Å². The summed E-state index contributed by atoms with van der Waals surface area (Å²) in [7, 11) is 0. The van der Waals surface area contributed by atoms with Crippen molar-refractivity contribution in [2.45, 2.75) is 33.1 Å². The molecule has 176 valence electrons. The molecule has 2 heterocycles. The first-order valence-electron chi connectivity index (χ1n) is 11.6. The third kappa shape index (κ3) is 4.90. The lowest BCUT2D eigenvalue weighted by Crippen LogP contribution is -2.35. The number of carbonyl (C=O) groups is 1. The van der Waals surface area contributed by atoms with Crippen molar-refractivity contribution in [1.29, 1.82) is 0 Å². The van der Waals surface area contributed by atoms with Crippen molar-refractivity contribution in [2.24, 2.45) is 0 Å². The van der Waals surface area contributed by atoms with E-state index in [-0.39, 0.29) is 17.5 Å². The second-order valence-electron chi connectivity index (χ2n) is 8.83. The van der Waals surface area contributed by atoms with Crippen LogP contribution in [0.15, 0.2) is 54.6 Å². The lowest BCUT2D eigenvalue weighted by molar-refractivity contribution is -0.384. The van der Waals surface area contributed by atoms with Gasteiger partial charge < -0.3 is 9.80 Å². The van der Waals surface area contributed by atoms with Crippen LogP contribution in [0.1, 0.15) is 47.8 Å². The van der Waals surface area contributed by atoms with Crippen molar-refractivity contribution < 1.29 is 9.72 Å². The number of aromatic nitrogens is 2. The van der Waals surface area contributed by atoms with E-state index >= 15 is 0 Å². The average molecular weight is 460 g/mol. The Hall–Kier alpha value is -3.81. The van der Waals surface area contributed by atoms with Gasteiger partial charge in [0.2, 0.25) is 0 Å². The Bertz CT molecular complexity index is 1200. The molecule has 1 fully saturated rings. The maximum absolute atomic E-state index is 13.1. The van der Waals surface area contributed by atoms with Crippen molar-refractivity contribution in [3.8, 4) is 11.4 Å². The molecule has 1 amide bonds. The highest BCUT2D eigenvalue weighted by Gasteiger charge is 2.25. The molecule has 8 heteroatoms. The zero-order valence-corrected chi connectivity index (χ0v) is 19.8. The minimum atomic E-state index is -0.476. The van der Waals surface area contributed by atoms with Crippen LogP contribution < -0.4 is 4.90 Å². The number of nitro groups is 1. The molecule has 1 aliphatic heterocycles. The molecule has 2 aromatic carbocycles. The number of nitrogens with zero attached hydrogens (tertiary/aromatic N) is 5. The van der Waals surface area contributed by atoms with Gasteiger partial charge in [-0.15, -0.1) is 0 Å². The van der Waals surface area contributed by atoms with Crippen molar-refractivity contribution >= 4 is 17.4 Å². The molecule has 0 aliphatic carbocycles. The Balaban J connectivity index is 1.60. The molecule has 1 saturated heterocycles. The van der Waals surface area contributed by atoms with E-state index in [9.17, 15) is 14.9 Å².